The highest BCUT2D eigenvalue weighted by atomic mass is 16.8. The summed E-state index contributed by atoms with van der Waals surface area (Å²) in [5, 5.41) is 196. The number of furan rings is 7. The highest BCUT2D eigenvalue weighted by Crippen LogP contribution is 2.40. The maximum atomic E-state index is 12.5. The number of nitrogens with one attached hydrogen (secondary N) is 7. The molecule has 0 unspecified atom stereocenters. The van der Waals surface area contributed by atoms with Crippen LogP contribution in [0.5, 0.6) is 0 Å². The molecule has 0 radical (unpaired) electrons. The average Bonchev–Trinajstić information content (AvgIpc) is 1.02. The number of ether oxygens (including phenoxy) is 14. The van der Waals surface area contributed by atoms with Crippen LogP contribution in [-0.4, -0.2) is 332 Å². The highest BCUT2D eigenvalue weighted by molar-refractivity contribution is 5.08. The van der Waals surface area contributed by atoms with E-state index in [9.17, 15) is 71.5 Å². The maximum absolute atomic E-state index is 12.5. The van der Waals surface area contributed by atoms with E-state index in [0.29, 0.717) is 40.3 Å². The Labute approximate surface area is 679 Å². The fourth-order valence-electron chi connectivity index (χ4n) is 15.8. The van der Waals surface area contributed by atoms with Crippen LogP contribution in [0.3, 0.4) is 0 Å². The minimum atomic E-state index is -2.12. The number of fused-ring (bicyclic) bond motifs is 7. The van der Waals surface area contributed by atoms with Crippen molar-refractivity contribution in [3.8, 4) is 0 Å². The standard InChI is InChI=1S/C77H105N7O35/c85-50-57(92)71-106-43(29-78-22-36-8-1-15-99-36)64(50)113-72-58(93)51(86)66(45(107-72)31-80-24-38-10-3-17-101-38)115-74-60(95)53(88)68(47(109-74)33-82-26-40-12-5-19-103-40)117-76-62(97)55(90)70(49(111-76)35-84-28-42-14-7-21-105-42)119-77-63(98)56(91)69(48(112-77)34-83-27-41-13-6-20-104-41)118-75-61(96)54(89)67(46(110-75)32-81-25-39-11-4-18-102-39)116-73-59(94)52(87)65(114-71)44(108-73)30-79-23-37-9-2-16-100-37/h1-21,43-98H,22-35H2/t43-,44-,45-,46-,47-,48-,49-,50-,51-,52-,53-,54-,55-,56-,57-,58-,59-,60-,61-,62+,63+,64-,65-,66-,67-,68-,69-,70-,71-,72-,73-,74-,75-,76-,77-/m1/s1. The van der Waals surface area contributed by atoms with Gasteiger partial charge in [-0.2, -0.15) is 0 Å². The number of hydrogen-bond donors (Lipinski definition) is 21. The van der Waals surface area contributed by atoms with Gasteiger partial charge in [-0.3, -0.25) is 0 Å². The molecule has 658 valence electrons. The van der Waals surface area contributed by atoms with Gasteiger partial charge in [-0.15, -0.1) is 0 Å². The lowest BCUT2D eigenvalue weighted by Crippen LogP contribution is -2.69. The lowest BCUT2D eigenvalue weighted by Gasteiger charge is -2.50. The van der Waals surface area contributed by atoms with Crippen LogP contribution in [0.25, 0.3) is 0 Å². The number of aliphatic hydroxyl groups excluding tert-OH is 14. The molecule has 0 saturated carbocycles. The number of aliphatic hydroxyl groups is 14. The van der Waals surface area contributed by atoms with E-state index >= 15 is 0 Å². The first-order valence-electron chi connectivity index (χ1n) is 39.6. The van der Waals surface area contributed by atoms with Gasteiger partial charge >= 0.3 is 0 Å². The van der Waals surface area contributed by atoms with Crippen molar-refractivity contribution in [1.82, 2.24) is 37.2 Å². The molecular weight excluding hydrogens is 1580 g/mol. The highest BCUT2D eigenvalue weighted by Gasteiger charge is 2.60. The van der Waals surface area contributed by atoms with Gasteiger partial charge in [0, 0.05) is 45.8 Å². The number of hydrogen-bond acceptors (Lipinski definition) is 42. The molecule has 15 saturated heterocycles. The largest absolute Gasteiger partial charge is 0.468 e. The summed E-state index contributed by atoms with van der Waals surface area (Å²) in [5.41, 5.74) is 0. The molecule has 119 heavy (non-hydrogen) atoms. The normalized spacial score (nSPS) is 40.0. The van der Waals surface area contributed by atoms with Crippen molar-refractivity contribution < 1.29 is 169 Å². The third-order valence-corrected chi connectivity index (χ3v) is 22.1. The van der Waals surface area contributed by atoms with Gasteiger partial charge in [0.15, 0.2) is 44.0 Å². The Bertz CT molecular complexity index is 3290. The summed E-state index contributed by atoms with van der Waals surface area (Å²) >= 11 is 0. The lowest BCUT2D eigenvalue weighted by atomic mass is 9.94. The van der Waals surface area contributed by atoms with Gasteiger partial charge in [-0.25, -0.2) is 0 Å². The summed E-state index contributed by atoms with van der Waals surface area (Å²) in [6.07, 6.45) is -54.7. The summed E-state index contributed by atoms with van der Waals surface area (Å²) in [5.74, 6) is 3.20. The Kier molecular flexibility index (Phi) is 30.1. The van der Waals surface area contributed by atoms with Crippen molar-refractivity contribution in [2.75, 3.05) is 45.8 Å². The van der Waals surface area contributed by atoms with Gasteiger partial charge < -0.3 is 206 Å². The Morgan fingerprint density at radius 3 is 0.412 bits per heavy atom. The molecule has 7 aromatic rings. The minimum absolute atomic E-state index is 0.0552. The minimum Gasteiger partial charge on any atom is -0.468 e. The second-order valence-corrected chi connectivity index (χ2v) is 30.3. The molecule has 7 aromatic heterocycles. The first-order chi connectivity index (χ1) is 57.8. The molecule has 22 heterocycles. The quantitative estimate of drug-likeness (QED) is 0.0218. The van der Waals surface area contributed by atoms with Gasteiger partial charge in [-0.05, 0) is 84.9 Å². The zero-order chi connectivity index (χ0) is 82.8. The molecule has 42 heteroatoms. The average molecular weight is 1690 g/mol. The van der Waals surface area contributed by atoms with E-state index in [0.717, 1.165) is 0 Å². The zero-order valence-corrected chi connectivity index (χ0v) is 64.1. The van der Waals surface area contributed by atoms with Crippen LogP contribution in [0.2, 0.25) is 0 Å². The van der Waals surface area contributed by atoms with Crippen LogP contribution >= 0.6 is 0 Å². The lowest BCUT2D eigenvalue weighted by molar-refractivity contribution is -0.392. The van der Waals surface area contributed by atoms with Crippen molar-refractivity contribution in [3.63, 3.8) is 0 Å². The summed E-state index contributed by atoms with van der Waals surface area (Å²) < 4.78 is 130. The second kappa shape index (κ2) is 40.9. The van der Waals surface area contributed by atoms with E-state index in [1.54, 1.807) is 84.9 Å². The van der Waals surface area contributed by atoms with Crippen LogP contribution in [-0.2, 0) is 112 Å². The van der Waals surface area contributed by atoms with Crippen molar-refractivity contribution in [2.45, 2.75) is 261 Å². The molecule has 21 N–H and O–H groups in total. The smallest absolute Gasteiger partial charge is 0.187 e. The van der Waals surface area contributed by atoms with Gasteiger partial charge in [0.05, 0.1) is 89.7 Å². The number of rotatable bonds is 28. The van der Waals surface area contributed by atoms with Crippen molar-refractivity contribution in [3.05, 3.63) is 169 Å². The van der Waals surface area contributed by atoms with E-state index in [1.165, 1.54) is 43.8 Å². The first-order valence-corrected chi connectivity index (χ1v) is 39.6. The van der Waals surface area contributed by atoms with E-state index < -0.39 is 215 Å². The molecule has 0 aliphatic carbocycles. The van der Waals surface area contributed by atoms with Gasteiger partial charge in [0.25, 0.3) is 0 Å². The predicted molar refractivity (Wildman–Crippen MR) is 392 cm³/mol. The van der Waals surface area contributed by atoms with Crippen molar-refractivity contribution >= 4 is 0 Å². The molecular formula is C77H105N7O35. The van der Waals surface area contributed by atoms with Gasteiger partial charge in [-0.1, -0.05) is 0 Å². The monoisotopic (exact) mass is 1690 g/mol. The molecule has 42 nitrogen and oxygen atoms in total. The topological polar surface area (TPSA) is 589 Å². The summed E-state index contributed by atoms with van der Waals surface area (Å²) in [6.45, 7) is -1.42. The molecule has 15 aliphatic heterocycles. The first kappa shape index (κ1) is 87.5. The van der Waals surface area contributed by atoms with Gasteiger partial charge in [0.1, 0.15) is 211 Å². The van der Waals surface area contributed by atoms with E-state index in [2.05, 4.69) is 37.2 Å². The van der Waals surface area contributed by atoms with Crippen LogP contribution < -0.4 is 37.2 Å². The zero-order valence-electron chi connectivity index (χ0n) is 64.1. The molecule has 15 fully saturated rings. The van der Waals surface area contributed by atoms with Crippen LogP contribution in [0.15, 0.2) is 160 Å². The predicted octanol–water partition coefficient (Wildman–Crippen LogP) is -5.50. The SMILES string of the molecule is O[C@@H]1[C@H]2O[C@H]3[C@H](O)[C@@H](O)[C@@H](O[C@H]4[C@H](O)[C@@H](O)[C@@H](O[C@H]5[C@H](O)[C@@H](O)[C@@H](O[C@H]6[C@H](O)[C@@H](O)[C@@H](O[C@H]7[C@H](O)[C@@H](O)[C@@H](O[C@H]8[C@H](O)[C@H](O)[C@@H](O[C@@H]([C@@H]1O)[C@@H](CNCc1ccco1)O2)O[C@@H]8CNCc1ccco1)O[C@@H]7CNCc1ccco1)O[C@@H]6CNCc1ccco1)O[C@@H]5CNCc1ccco1)O[C@@H]4CNCc1ccco1)O[C@@H]3CNCc1ccco1. The molecule has 35 atom stereocenters. The molecule has 22 rings (SSSR count). The Morgan fingerprint density at radius 1 is 0.176 bits per heavy atom. The van der Waals surface area contributed by atoms with Crippen molar-refractivity contribution in [1.29, 1.82) is 0 Å². The Hall–Kier alpha value is -6.44. The third-order valence-electron chi connectivity index (χ3n) is 22.1. The van der Waals surface area contributed by atoms with E-state index in [-0.39, 0.29) is 91.6 Å². The molecule has 0 amide bonds. The fraction of sp³-hybridized carbons (Fsp3) is 0.636. The maximum Gasteiger partial charge on any atom is 0.187 e. The Balaban J connectivity index is 0.777. The molecule has 0 spiro atoms. The van der Waals surface area contributed by atoms with Crippen LogP contribution in [0, 0.1) is 0 Å². The van der Waals surface area contributed by atoms with Gasteiger partial charge in [0.2, 0.25) is 0 Å². The molecule has 14 bridgehead atoms. The van der Waals surface area contributed by atoms with Crippen molar-refractivity contribution in [2.24, 2.45) is 0 Å². The second-order valence-electron chi connectivity index (χ2n) is 30.3. The van der Waals surface area contributed by atoms with E-state index in [1.807, 2.05) is 0 Å². The summed E-state index contributed by atoms with van der Waals surface area (Å²) in [4.78, 5) is 0. The van der Waals surface area contributed by atoms with Crippen LogP contribution in [0.1, 0.15) is 40.3 Å². The molecule has 0 aromatic carbocycles. The third kappa shape index (κ3) is 21.0. The Morgan fingerprint density at radius 2 is 0.303 bits per heavy atom. The molecule has 15 aliphatic rings. The van der Waals surface area contributed by atoms with Crippen LogP contribution in [0.4, 0.5) is 0 Å². The van der Waals surface area contributed by atoms with E-state index in [4.69, 9.17) is 97.2 Å². The summed E-state index contributed by atoms with van der Waals surface area (Å²) in [7, 11) is 0. The summed E-state index contributed by atoms with van der Waals surface area (Å²) in [6, 6.07) is 23.3. The fourth-order valence-corrected chi connectivity index (χ4v) is 15.8.